The molecule has 0 aromatic heterocycles. The SMILES string of the molecule is O=C(NC1Cc2cc(F)ccc2C1=O)c1ccccc1I. The van der Waals surface area contributed by atoms with Crippen LogP contribution in [0.5, 0.6) is 0 Å². The lowest BCUT2D eigenvalue weighted by molar-refractivity contribution is 0.0867. The van der Waals surface area contributed by atoms with Crippen LogP contribution in [-0.4, -0.2) is 17.7 Å². The number of rotatable bonds is 2. The molecular formula is C16H11FINO2. The van der Waals surface area contributed by atoms with Gasteiger partial charge < -0.3 is 5.32 Å². The lowest BCUT2D eigenvalue weighted by Crippen LogP contribution is -2.39. The number of nitrogens with one attached hydrogen (secondary N) is 1. The maximum Gasteiger partial charge on any atom is 0.252 e. The van der Waals surface area contributed by atoms with Gasteiger partial charge in [0.2, 0.25) is 0 Å². The highest BCUT2D eigenvalue weighted by molar-refractivity contribution is 14.1. The van der Waals surface area contributed by atoms with Gasteiger partial charge in [-0.25, -0.2) is 4.39 Å². The van der Waals surface area contributed by atoms with Crippen molar-refractivity contribution in [1.29, 1.82) is 0 Å². The van der Waals surface area contributed by atoms with Crippen LogP contribution in [0.25, 0.3) is 0 Å². The Morgan fingerprint density at radius 1 is 1.24 bits per heavy atom. The van der Waals surface area contributed by atoms with Crippen molar-refractivity contribution in [1.82, 2.24) is 5.32 Å². The first-order valence-electron chi connectivity index (χ1n) is 6.44. The molecule has 5 heteroatoms. The van der Waals surface area contributed by atoms with Crippen LogP contribution < -0.4 is 5.32 Å². The molecule has 21 heavy (non-hydrogen) atoms. The van der Waals surface area contributed by atoms with Crippen molar-refractivity contribution in [2.45, 2.75) is 12.5 Å². The maximum absolute atomic E-state index is 13.2. The van der Waals surface area contributed by atoms with Crippen molar-refractivity contribution in [3.05, 3.63) is 68.5 Å². The van der Waals surface area contributed by atoms with Crippen LogP contribution in [-0.2, 0) is 6.42 Å². The van der Waals surface area contributed by atoms with Gasteiger partial charge in [0.25, 0.3) is 5.91 Å². The van der Waals surface area contributed by atoms with E-state index in [9.17, 15) is 14.0 Å². The molecule has 1 unspecified atom stereocenters. The van der Waals surface area contributed by atoms with E-state index >= 15 is 0 Å². The highest BCUT2D eigenvalue weighted by atomic mass is 127. The first-order valence-corrected chi connectivity index (χ1v) is 7.52. The summed E-state index contributed by atoms with van der Waals surface area (Å²) < 4.78 is 14.0. The van der Waals surface area contributed by atoms with Crippen LogP contribution in [0.4, 0.5) is 4.39 Å². The summed E-state index contributed by atoms with van der Waals surface area (Å²) in [6, 6.07) is 10.6. The van der Waals surface area contributed by atoms with E-state index in [1.54, 1.807) is 12.1 Å². The van der Waals surface area contributed by atoms with E-state index in [0.29, 0.717) is 23.1 Å². The normalized spacial score (nSPS) is 16.7. The van der Waals surface area contributed by atoms with Crippen LogP contribution in [0.15, 0.2) is 42.5 Å². The Hall–Kier alpha value is -1.76. The summed E-state index contributed by atoms with van der Waals surface area (Å²) in [6.45, 7) is 0. The van der Waals surface area contributed by atoms with Crippen LogP contribution >= 0.6 is 22.6 Å². The molecule has 3 nitrogen and oxygen atoms in total. The van der Waals surface area contributed by atoms with Crippen LogP contribution in [0.2, 0.25) is 0 Å². The molecule has 0 bridgehead atoms. The van der Waals surface area contributed by atoms with Gasteiger partial charge in [0.1, 0.15) is 5.82 Å². The molecule has 1 aliphatic rings. The minimum Gasteiger partial charge on any atom is -0.341 e. The molecule has 1 amide bonds. The summed E-state index contributed by atoms with van der Waals surface area (Å²) in [6.07, 6.45) is 0.334. The monoisotopic (exact) mass is 395 g/mol. The lowest BCUT2D eigenvalue weighted by atomic mass is 10.1. The third-order valence-electron chi connectivity index (χ3n) is 3.50. The average molecular weight is 395 g/mol. The molecule has 0 radical (unpaired) electrons. The first kappa shape index (κ1) is 14.2. The fraction of sp³-hybridized carbons (Fsp3) is 0.125. The molecular weight excluding hydrogens is 384 g/mol. The first-order chi connectivity index (χ1) is 10.1. The Labute approximate surface area is 134 Å². The number of hydrogen-bond acceptors (Lipinski definition) is 2. The predicted octanol–water partition coefficient (Wildman–Crippen LogP) is 2.97. The fourth-order valence-electron chi connectivity index (χ4n) is 2.47. The molecule has 0 saturated heterocycles. The standard InChI is InChI=1S/C16H11FINO2/c17-10-5-6-11-9(7-10)8-14(15(11)20)19-16(21)12-3-1-2-4-13(12)18/h1-7,14H,8H2,(H,19,21). The number of carbonyl (C=O) groups excluding carboxylic acids is 2. The van der Waals surface area contributed by atoms with E-state index < -0.39 is 6.04 Å². The Morgan fingerprint density at radius 3 is 2.76 bits per heavy atom. The number of Topliss-reactive ketones (excluding diaryl/α,β-unsaturated/α-hetero) is 1. The fourth-order valence-corrected chi connectivity index (χ4v) is 3.10. The zero-order valence-electron chi connectivity index (χ0n) is 10.9. The van der Waals surface area contributed by atoms with Gasteiger partial charge in [0.05, 0.1) is 11.6 Å². The summed E-state index contributed by atoms with van der Waals surface area (Å²) >= 11 is 2.08. The molecule has 2 aromatic carbocycles. The summed E-state index contributed by atoms with van der Waals surface area (Å²) in [5, 5.41) is 2.74. The molecule has 1 aliphatic carbocycles. The predicted molar refractivity (Wildman–Crippen MR) is 84.8 cm³/mol. The number of fused-ring (bicyclic) bond motifs is 1. The second-order valence-corrected chi connectivity index (χ2v) is 6.04. The van der Waals surface area contributed by atoms with Crippen molar-refractivity contribution in [2.75, 3.05) is 0 Å². The molecule has 0 saturated carbocycles. The van der Waals surface area contributed by atoms with Crippen LogP contribution in [0.3, 0.4) is 0 Å². The number of amides is 1. The quantitative estimate of drug-likeness (QED) is 0.795. The van der Waals surface area contributed by atoms with Gasteiger partial charge in [-0.3, -0.25) is 9.59 Å². The van der Waals surface area contributed by atoms with Crippen molar-refractivity contribution in [3.8, 4) is 0 Å². The summed E-state index contributed by atoms with van der Waals surface area (Å²) in [5.41, 5.74) is 1.67. The maximum atomic E-state index is 13.2. The smallest absolute Gasteiger partial charge is 0.252 e. The zero-order valence-corrected chi connectivity index (χ0v) is 13.1. The van der Waals surface area contributed by atoms with E-state index in [1.165, 1.54) is 18.2 Å². The molecule has 1 atom stereocenters. The van der Waals surface area contributed by atoms with Gasteiger partial charge in [-0.2, -0.15) is 0 Å². The number of benzene rings is 2. The van der Waals surface area contributed by atoms with Gasteiger partial charge in [-0.05, 0) is 58.5 Å². The van der Waals surface area contributed by atoms with Crippen LogP contribution in [0.1, 0.15) is 26.3 Å². The number of hydrogen-bond donors (Lipinski definition) is 1. The number of carbonyl (C=O) groups is 2. The van der Waals surface area contributed by atoms with Gasteiger partial charge in [-0.1, -0.05) is 12.1 Å². The van der Waals surface area contributed by atoms with Crippen molar-refractivity contribution in [2.24, 2.45) is 0 Å². The Morgan fingerprint density at radius 2 is 2.00 bits per heavy atom. The van der Waals surface area contributed by atoms with Crippen LogP contribution in [0, 0.1) is 9.39 Å². The van der Waals surface area contributed by atoms with Gasteiger partial charge in [0.15, 0.2) is 5.78 Å². The highest BCUT2D eigenvalue weighted by Gasteiger charge is 2.32. The minimum atomic E-state index is -0.620. The minimum absolute atomic E-state index is 0.163. The Bertz CT molecular complexity index is 745. The van der Waals surface area contributed by atoms with Gasteiger partial charge in [-0.15, -0.1) is 0 Å². The molecule has 0 heterocycles. The summed E-state index contributed by atoms with van der Waals surface area (Å²) in [5.74, 6) is -0.818. The molecule has 0 fully saturated rings. The molecule has 2 aromatic rings. The van der Waals surface area contributed by atoms with E-state index in [2.05, 4.69) is 27.9 Å². The zero-order chi connectivity index (χ0) is 15.0. The van der Waals surface area contributed by atoms with Crippen molar-refractivity contribution in [3.63, 3.8) is 0 Å². The summed E-state index contributed by atoms with van der Waals surface area (Å²) in [7, 11) is 0. The molecule has 106 valence electrons. The second kappa shape index (κ2) is 5.55. The van der Waals surface area contributed by atoms with Gasteiger partial charge >= 0.3 is 0 Å². The molecule has 0 spiro atoms. The lowest BCUT2D eigenvalue weighted by Gasteiger charge is -2.11. The molecule has 1 N–H and O–H groups in total. The average Bonchev–Trinajstić information content (AvgIpc) is 2.75. The van der Waals surface area contributed by atoms with Crippen molar-refractivity contribution < 1.29 is 14.0 Å². The molecule has 0 aliphatic heterocycles. The number of ketones is 1. The van der Waals surface area contributed by atoms with E-state index in [1.807, 2.05) is 12.1 Å². The highest BCUT2D eigenvalue weighted by Crippen LogP contribution is 2.23. The van der Waals surface area contributed by atoms with E-state index in [0.717, 1.165) is 3.57 Å². The van der Waals surface area contributed by atoms with Gasteiger partial charge in [0, 0.05) is 15.6 Å². The topological polar surface area (TPSA) is 46.2 Å². The third-order valence-corrected chi connectivity index (χ3v) is 4.44. The van der Waals surface area contributed by atoms with E-state index in [-0.39, 0.29) is 17.5 Å². The Balaban J connectivity index is 1.80. The van der Waals surface area contributed by atoms with E-state index in [4.69, 9.17) is 0 Å². The second-order valence-electron chi connectivity index (χ2n) is 4.88. The summed E-state index contributed by atoms with van der Waals surface area (Å²) in [4.78, 5) is 24.5. The third kappa shape index (κ3) is 2.70. The number of halogens is 2. The largest absolute Gasteiger partial charge is 0.341 e. The Kier molecular flexibility index (Phi) is 3.75. The molecule has 3 rings (SSSR count). The van der Waals surface area contributed by atoms with Crippen molar-refractivity contribution >= 4 is 34.3 Å².